The van der Waals surface area contributed by atoms with Crippen LogP contribution in [0.25, 0.3) is 0 Å². The van der Waals surface area contributed by atoms with Gasteiger partial charge in [-0.2, -0.15) is 0 Å². The summed E-state index contributed by atoms with van der Waals surface area (Å²) in [5.41, 5.74) is 1.42. The summed E-state index contributed by atoms with van der Waals surface area (Å²) in [4.78, 5) is 0. The Hall–Kier alpha value is -1.04. The van der Waals surface area contributed by atoms with Gasteiger partial charge in [-0.05, 0) is 42.4 Å². The Balaban J connectivity index is 2.10. The van der Waals surface area contributed by atoms with E-state index in [1.54, 1.807) is 6.07 Å². The van der Waals surface area contributed by atoms with Crippen molar-refractivity contribution in [3.8, 4) is 5.75 Å². The van der Waals surface area contributed by atoms with Crippen molar-refractivity contribution < 1.29 is 19.5 Å². The van der Waals surface area contributed by atoms with Gasteiger partial charge in [-0.1, -0.05) is 13.0 Å². The largest absolute Gasteiger partial charge is 0.488 e. The van der Waals surface area contributed by atoms with Crippen molar-refractivity contribution in [3.63, 3.8) is 0 Å². The Morgan fingerprint density at radius 1 is 1.39 bits per heavy atom. The van der Waals surface area contributed by atoms with Gasteiger partial charge in [-0.3, -0.25) is 0 Å². The third-order valence-electron chi connectivity index (χ3n) is 3.18. The van der Waals surface area contributed by atoms with E-state index in [-0.39, 0.29) is 6.29 Å². The molecule has 2 N–H and O–H groups in total. The maximum Gasteiger partial charge on any atom is 0.488 e. The highest BCUT2D eigenvalue weighted by Crippen LogP contribution is 2.19. The molecule has 1 saturated heterocycles. The number of hydrogen-bond donors (Lipinski definition) is 2. The van der Waals surface area contributed by atoms with Gasteiger partial charge in [0.15, 0.2) is 6.29 Å². The quantitative estimate of drug-likeness (QED) is 0.777. The molecule has 2 rings (SSSR count). The Labute approximate surface area is 108 Å². The van der Waals surface area contributed by atoms with Crippen molar-refractivity contribution in [2.24, 2.45) is 0 Å². The Bertz CT molecular complexity index is 389. The van der Waals surface area contributed by atoms with Crippen LogP contribution in [0.4, 0.5) is 0 Å². The van der Waals surface area contributed by atoms with Gasteiger partial charge in [0.1, 0.15) is 5.75 Å². The number of hydrogen-bond acceptors (Lipinski definition) is 4. The van der Waals surface area contributed by atoms with Gasteiger partial charge < -0.3 is 19.5 Å². The van der Waals surface area contributed by atoms with E-state index in [9.17, 15) is 10.0 Å². The molecule has 0 amide bonds. The number of ether oxygens (including phenoxy) is 2. The van der Waals surface area contributed by atoms with Crippen LogP contribution in [0.2, 0.25) is 0 Å². The molecule has 1 fully saturated rings. The van der Waals surface area contributed by atoms with Crippen molar-refractivity contribution in [1.82, 2.24) is 0 Å². The predicted molar refractivity (Wildman–Crippen MR) is 69.9 cm³/mol. The summed E-state index contributed by atoms with van der Waals surface area (Å²) in [7, 11) is -1.46. The maximum absolute atomic E-state index is 9.33. The van der Waals surface area contributed by atoms with Gasteiger partial charge in [0, 0.05) is 6.42 Å². The van der Waals surface area contributed by atoms with E-state index in [2.05, 4.69) is 0 Å². The van der Waals surface area contributed by atoms with Gasteiger partial charge in [-0.25, -0.2) is 0 Å². The second-order valence-corrected chi connectivity index (χ2v) is 4.50. The van der Waals surface area contributed by atoms with E-state index in [4.69, 9.17) is 9.47 Å². The smallest absolute Gasteiger partial charge is 0.465 e. The van der Waals surface area contributed by atoms with Crippen molar-refractivity contribution >= 4 is 12.6 Å². The molecule has 98 valence electrons. The van der Waals surface area contributed by atoms with Gasteiger partial charge in [0.2, 0.25) is 0 Å². The van der Waals surface area contributed by atoms with E-state index >= 15 is 0 Å². The summed E-state index contributed by atoms with van der Waals surface area (Å²) in [6.07, 6.45) is 3.61. The monoisotopic (exact) mass is 250 g/mol. The Morgan fingerprint density at radius 2 is 2.22 bits per heavy atom. The molecule has 18 heavy (non-hydrogen) atoms. The molecule has 1 aromatic rings. The summed E-state index contributed by atoms with van der Waals surface area (Å²) in [6.45, 7) is 2.71. The van der Waals surface area contributed by atoms with Crippen LogP contribution in [0.5, 0.6) is 5.75 Å². The van der Waals surface area contributed by atoms with Gasteiger partial charge >= 0.3 is 7.12 Å². The second-order valence-electron chi connectivity index (χ2n) is 4.50. The van der Waals surface area contributed by atoms with Crippen LogP contribution in [0, 0.1) is 0 Å². The van der Waals surface area contributed by atoms with Crippen LogP contribution in [0.3, 0.4) is 0 Å². The number of aryl methyl sites for hydroxylation is 1. The van der Waals surface area contributed by atoms with E-state index in [1.165, 1.54) is 0 Å². The van der Waals surface area contributed by atoms with E-state index in [0.717, 1.165) is 37.9 Å². The van der Waals surface area contributed by atoms with Crippen LogP contribution in [0.1, 0.15) is 31.7 Å². The van der Waals surface area contributed by atoms with Gasteiger partial charge in [0.05, 0.1) is 6.61 Å². The minimum atomic E-state index is -1.46. The van der Waals surface area contributed by atoms with E-state index < -0.39 is 7.12 Å². The van der Waals surface area contributed by atoms with Crippen LogP contribution in [0.15, 0.2) is 18.2 Å². The number of benzene rings is 1. The van der Waals surface area contributed by atoms with E-state index in [1.807, 2.05) is 19.1 Å². The van der Waals surface area contributed by atoms with Crippen LogP contribution in [-0.2, 0) is 11.2 Å². The molecule has 0 aromatic heterocycles. The molecule has 0 radical (unpaired) electrons. The highest BCUT2D eigenvalue weighted by molar-refractivity contribution is 6.59. The van der Waals surface area contributed by atoms with Gasteiger partial charge in [-0.15, -0.1) is 0 Å². The molecular weight excluding hydrogens is 231 g/mol. The molecule has 1 heterocycles. The first-order chi connectivity index (χ1) is 8.70. The molecular formula is C13H19BO4. The Morgan fingerprint density at radius 3 is 2.83 bits per heavy atom. The number of rotatable bonds is 4. The summed E-state index contributed by atoms with van der Waals surface area (Å²) < 4.78 is 11.2. The first-order valence-corrected chi connectivity index (χ1v) is 6.48. The lowest BCUT2D eigenvalue weighted by Gasteiger charge is -2.24. The Kier molecular flexibility index (Phi) is 4.63. The standard InChI is InChI=1S/C13H19BO4/c1-2-10-6-7-11(9-12(10)14(15)16)18-13-5-3-4-8-17-13/h6-7,9,13,15-16H,2-5,8H2,1H3/t13-/m1/s1. The zero-order valence-corrected chi connectivity index (χ0v) is 10.6. The van der Waals surface area contributed by atoms with Crippen molar-refractivity contribution in [2.45, 2.75) is 38.9 Å². The lowest BCUT2D eigenvalue weighted by molar-refractivity contribution is -0.105. The fourth-order valence-electron chi connectivity index (χ4n) is 2.16. The van der Waals surface area contributed by atoms with Crippen LogP contribution in [-0.4, -0.2) is 30.1 Å². The highest BCUT2D eigenvalue weighted by Gasteiger charge is 2.19. The first kappa shape index (κ1) is 13.4. The lowest BCUT2D eigenvalue weighted by Crippen LogP contribution is -2.33. The molecule has 1 aliphatic rings. The minimum Gasteiger partial charge on any atom is -0.465 e. The van der Waals surface area contributed by atoms with Crippen molar-refractivity contribution in [1.29, 1.82) is 0 Å². The molecule has 4 nitrogen and oxygen atoms in total. The predicted octanol–water partition coefficient (Wildman–Crippen LogP) is 0.834. The third kappa shape index (κ3) is 3.25. The molecule has 1 aliphatic heterocycles. The fraction of sp³-hybridized carbons (Fsp3) is 0.538. The van der Waals surface area contributed by atoms with Crippen LogP contribution < -0.4 is 10.2 Å². The summed E-state index contributed by atoms with van der Waals surface area (Å²) in [6, 6.07) is 5.40. The molecule has 0 spiro atoms. The summed E-state index contributed by atoms with van der Waals surface area (Å²) >= 11 is 0. The SMILES string of the molecule is CCc1ccc(O[C@@H]2CCCCO2)cc1B(O)O. The third-order valence-corrected chi connectivity index (χ3v) is 3.18. The molecule has 1 aromatic carbocycles. The zero-order valence-electron chi connectivity index (χ0n) is 10.6. The van der Waals surface area contributed by atoms with Crippen molar-refractivity contribution in [2.75, 3.05) is 6.61 Å². The van der Waals surface area contributed by atoms with Crippen molar-refractivity contribution in [3.05, 3.63) is 23.8 Å². The first-order valence-electron chi connectivity index (χ1n) is 6.48. The topological polar surface area (TPSA) is 58.9 Å². The zero-order chi connectivity index (χ0) is 13.0. The molecule has 0 bridgehead atoms. The minimum absolute atomic E-state index is 0.213. The van der Waals surface area contributed by atoms with Gasteiger partial charge in [0.25, 0.3) is 0 Å². The molecule has 0 unspecified atom stereocenters. The summed E-state index contributed by atoms with van der Waals surface area (Å²) in [5.74, 6) is 0.627. The van der Waals surface area contributed by atoms with E-state index in [0.29, 0.717) is 11.2 Å². The maximum atomic E-state index is 9.33. The molecule has 0 saturated carbocycles. The molecule has 1 atom stereocenters. The normalized spacial score (nSPS) is 19.6. The lowest BCUT2D eigenvalue weighted by atomic mass is 9.76. The average molecular weight is 250 g/mol. The summed E-state index contributed by atoms with van der Waals surface area (Å²) in [5, 5.41) is 18.7. The average Bonchev–Trinajstić information content (AvgIpc) is 2.40. The van der Waals surface area contributed by atoms with Crippen LogP contribution >= 0.6 is 0 Å². The fourth-order valence-corrected chi connectivity index (χ4v) is 2.16. The molecule has 0 aliphatic carbocycles. The second kappa shape index (κ2) is 6.23. The molecule has 5 heteroatoms. The highest BCUT2D eigenvalue weighted by atomic mass is 16.7.